The van der Waals surface area contributed by atoms with Crippen molar-refractivity contribution in [2.45, 2.75) is 38.8 Å². The summed E-state index contributed by atoms with van der Waals surface area (Å²) in [7, 11) is 0. The Morgan fingerprint density at radius 3 is 2.75 bits per heavy atom. The number of fused-ring (bicyclic) bond motifs is 1. The normalized spacial score (nSPS) is 17.5. The lowest BCUT2D eigenvalue weighted by Gasteiger charge is -2.25. The molecule has 24 heavy (non-hydrogen) atoms. The average Bonchev–Trinajstić information content (AvgIpc) is 2.57. The lowest BCUT2D eigenvalue weighted by Crippen LogP contribution is -2.30. The highest BCUT2D eigenvalue weighted by Crippen LogP contribution is 2.30. The van der Waals surface area contributed by atoms with Gasteiger partial charge in [0.1, 0.15) is 17.6 Å². The van der Waals surface area contributed by atoms with Gasteiger partial charge in [0.2, 0.25) is 0 Å². The second kappa shape index (κ2) is 7.58. The van der Waals surface area contributed by atoms with Gasteiger partial charge in [0.15, 0.2) is 0 Å². The van der Waals surface area contributed by atoms with E-state index in [0.29, 0.717) is 11.8 Å². The minimum absolute atomic E-state index is 0.226. The van der Waals surface area contributed by atoms with Crippen molar-refractivity contribution in [3.8, 4) is 11.5 Å². The zero-order valence-electron chi connectivity index (χ0n) is 14.4. The van der Waals surface area contributed by atoms with E-state index in [9.17, 15) is 5.11 Å². The lowest BCUT2D eigenvalue weighted by atomic mass is 10.0. The van der Waals surface area contributed by atoms with Crippen molar-refractivity contribution in [2.24, 2.45) is 0 Å². The van der Waals surface area contributed by atoms with Gasteiger partial charge in [0.25, 0.3) is 0 Å². The number of benzene rings is 2. The van der Waals surface area contributed by atoms with E-state index >= 15 is 0 Å². The van der Waals surface area contributed by atoms with Crippen LogP contribution in [0.15, 0.2) is 42.5 Å². The van der Waals surface area contributed by atoms with E-state index in [1.165, 1.54) is 11.1 Å². The van der Waals surface area contributed by atoms with Gasteiger partial charge in [-0.2, -0.15) is 0 Å². The van der Waals surface area contributed by atoms with Gasteiger partial charge >= 0.3 is 0 Å². The van der Waals surface area contributed by atoms with Crippen LogP contribution >= 0.6 is 0 Å². The molecule has 1 aliphatic rings. The topological polar surface area (TPSA) is 53.5 Å². The van der Waals surface area contributed by atoms with E-state index in [4.69, 9.17) is 4.74 Å². The van der Waals surface area contributed by atoms with Crippen molar-refractivity contribution in [1.82, 2.24) is 5.32 Å². The first-order valence-corrected chi connectivity index (χ1v) is 8.65. The molecule has 0 fully saturated rings. The Kier molecular flexibility index (Phi) is 5.26. The van der Waals surface area contributed by atoms with E-state index in [0.717, 1.165) is 37.4 Å². The van der Waals surface area contributed by atoms with Crippen LogP contribution in [0.1, 0.15) is 25.0 Å². The number of phenols is 1. The highest BCUT2D eigenvalue weighted by atomic mass is 16.5. The van der Waals surface area contributed by atoms with E-state index in [-0.39, 0.29) is 6.10 Å². The Morgan fingerprint density at radius 2 is 1.96 bits per heavy atom. The van der Waals surface area contributed by atoms with Crippen LogP contribution in [-0.2, 0) is 12.8 Å². The van der Waals surface area contributed by atoms with Gasteiger partial charge in [-0.1, -0.05) is 18.2 Å². The van der Waals surface area contributed by atoms with E-state index in [2.05, 4.69) is 42.7 Å². The van der Waals surface area contributed by atoms with E-state index < -0.39 is 0 Å². The SMILES string of the molecule is CC(Cc1ccc2c(c1)NCC(C)O2)NCCc1ccc(O)cc1. The molecule has 0 radical (unpaired) electrons. The van der Waals surface area contributed by atoms with Gasteiger partial charge in [-0.3, -0.25) is 0 Å². The maximum absolute atomic E-state index is 9.30. The number of hydrogen-bond donors (Lipinski definition) is 3. The van der Waals surface area contributed by atoms with Gasteiger partial charge in [-0.05, 0) is 68.6 Å². The summed E-state index contributed by atoms with van der Waals surface area (Å²) in [6, 6.07) is 14.2. The summed E-state index contributed by atoms with van der Waals surface area (Å²) < 4.78 is 5.82. The third kappa shape index (κ3) is 4.42. The molecule has 2 atom stereocenters. The summed E-state index contributed by atoms with van der Waals surface area (Å²) in [4.78, 5) is 0. The lowest BCUT2D eigenvalue weighted by molar-refractivity contribution is 0.226. The Hall–Kier alpha value is -2.20. The molecule has 0 bridgehead atoms. The van der Waals surface area contributed by atoms with Crippen LogP contribution in [0, 0.1) is 0 Å². The van der Waals surface area contributed by atoms with Crippen molar-refractivity contribution in [3.63, 3.8) is 0 Å². The second-order valence-corrected chi connectivity index (χ2v) is 6.62. The first-order valence-electron chi connectivity index (χ1n) is 8.65. The van der Waals surface area contributed by atoms with Crippen LogP contribution in [0.3, 0.4) is 0 Å². The first-order chi connectivity index (χ1) is 11.6. The van der Waals surface area contributed by atoms with Gasteiger partial charge in [-0.15, -0.1) is 0 Å². The molecule has 1 aliphatic heterocycles. The minimum atomic E-state index is 0.226. The molecule has 4 heteroatoms. The van der Waals surface area contributed by atoms with Gasteiger partial charge in [-0.25, -0.2) is 0 Å². The fraction of sp³-hybridized carbons (Fsp3) is 0.400. The first kappa shape index (κ1) is 16.7. The van der Waals surface area contributed by atoms with Crippen LogP contribution in [0.2, 0.25) is 0 Å². The zero-order chi connectivity index (χ0) is 16.9. The highest BCUT2D eigenvalue weighted by molar-refractivity contribution is 5.59. The van der Waals surface area contributed by atoms with Crippen LogP contribution < -0.4 is 15.4 Å². The van der Waals surface area contributed by atoms with Gasteiger partial charge < -0.3 is 20.5 Å². The Balaban J connectivity index is 1.48. The molecule has 0 saturated heterocycles. The number of hydrogen-bond acceptors (Lipinski definition) is 4. The molecule has 3 rings (SSSR count). The van der Waals surface area contributed by atoms with Crippen molar-refractivity contribution in [2.75, 3.05) is 18.4 Å². The third-order valence-corrected chi connectivity index (χ3v) is 4.34. The van der Waals surface area contributed by atoms with Crippen molar-refractivity contribution >= 4 is 5.69 Å². The summed E-state index contributed by atoms with van der Waals surface area (Å²) in [6.07, 6.45) is 2.17. The summed E-state index contributed by atoms with van der Waals surface area (Å²) in [5.74, 6) is 1.27. The standard InChI is InChI=1S/C20H26N2O2/c1-14(21-10-9-16-3-6-18(23)7-4-16)11-17-5-8-20-19(12-17)22-13-15(2)24-20/h3-8,12,14-15,21-23H,9-11,13H2,1-2H3. The number of nitrogens with one attached hydrogen (secondary N) is 2. The predicted molar refractivity (Wildman–Crippen MR) is 98.0 cm³/mol. The van der Waals surface area contributed by atoms with Gasteiger partial charge in [0, 0.05) is 6.04 Å². The third-order valence-electron chi connectivity index (χ3n) is 4.34. The molecule has 2 unspecified atom stereocenters. The summed E-state index contributed by atoms with van der Waals surface area (Å²) in [5, 5.41) is 16.3. The maximum atomic E-state index is 9.30. The molecule has 4 nitrogen and oxygen atoms in total. The largest absolute Gasteiger partial charge is 0.508 e. The molecule has 0 spiro atoms. The molecular weight excluding hydrogens is 300 g/mol. The summed E-state index contributed by atoms with van der Waals surface area (Å²) in [6.45, 7) is 6.07. The monoisotopic (exact) mass is 326 g/mol. The summed E-state index contributed by atoms with van der Waals surface area (Å²) >= 11 is 0. The van der Waals surface area contributed by atoms with Crippen molar-refractivity contribution in [1.29, 1.82) is 0 Å². The smallest absolute Gasteiger partial charge is 0.142 e. The number of anilines is 1. The molecule has 1 heterocycles. The fourth-order valence-corrected chi connectivity index (χ4v) is 3.01. The molecular formula is C20H26N2O2. The van der Waals surface area contributed by atoms with Crippen LogP contribution in [0.5, 0.6) is 11.5 Å². The zero-order valence-corrected chi connectivity index (χ0v) is 14.4. The molecule has 0 aliphatic carbocycles. The molecule has 0 saturated carbocycles. The molecule has 3 N–H and O–H groups in total. The predicted octanol–water partition coefficient (Wildman–Crippen LogP) is 3.35. The number of rotatable bonds is 6. The molecule has 0 amide bonds. The molecule has 0 aromatic heterocycles. The maximum Gasteiger partial charge on any atom is 0.142 e. The Bertz CT molecular complexity index is 670. The number of aromatic hydroxyl groups is 1. The van der Waals surface area contributed by atoms with E-state index in [1.54, 1.807) is 12.1 Å². The van der Waals surface area contributed by atoms with Gasteiger partial charge in [0.05, 0.1) is 12.2 Å². The number of phenolic OH excluding ortho intramolecular Hbond substituents is 1. The van der Waals surface area contributed by atoms with Crippen LogP contribution in [-0.4, -0.2) is 30.3 Å². The van der Waals surface area contributed by atoms with Crippen molar-refractivity contribution in [3.05, 3.63) is 53.6 Å². The highest BCUT2D eigenvalue weighted by Gasteiger charge is 2.15. The minimum Gasteiger partial charge on any atom is -0.508 e. The number of ether oxygens (including phenoxy) is 1. The quantitative estimate of drug-likeness (QED) is 0.762. The molecule has 2 aromatic rings. The van der Waals surface area contributed by atoms with Crippen molar-refractivity contribution < 1.29 is 9.84 Å². The average molecular weight is 326 g/mol. The Morgan fingerprint density at radius 1 is 1.21 bits per heavy atom. The molecule has 2 aromatic carbocycles. The summed E-state index contributed by atoms with van der Waals surface area (Å²) in [5.41, 5.74) is 3.64. The Labute approximate surface area is 143 Å². The fourth-order valence-electron chi connectivity index (χ4n) is 3.01. The molecule has 128 valence electrons. The van der Waals surface area contributed by atoms with Crippen LogP contribution in [0.25, 0.3) is 0 Å². The van der Waals surface area contributed by atoms with E-state index in [1.807, 2.05) is 12.1 Å². The van der Waals surface area contributed by atoms with Crippen LogP contribution in [0.4, 0.5) is 5.69 Å². The second-order valence-electron chi connectivity index (χ2n) is 6.62.